The predicted octanol–water partition coefficient (Wildman–Crippen LogP) is 2.79. The molecular weight excluding hydrogens is 490 g/mol. The van der Waals surface area contributed by atoms with Gasteiger partial charge in [-0.05, 0) is 53.4 Å². The second-order valence-corrected chi connectivity index (χ2v) is 6.29. The lowest BCUT2D eigenvalue weighted by Gasteiger charge is -2.12. The van der Waals surface area contributed by atoms with Crippen LogP contribution in [0, 0.1) is 11.7 Å². The lowest BCUT2D eigenvalue weighted by molar-refractivity contribution is -0.122. The van der Waals surface area contributed by atoms with E-state index in [1.807, 2.05) is 13.0 Å². The maximum Gasteiger partial charge on any atom is 0.223 e. The Morgan fingerprint density at radius 1 is 1.29 bits per heavy atom. The van der Waals surface area contributed by atoms with Crippen LogP contribution in [0.4, 0.5) is 4.39 Å². The Balaban J connectivity index is 0.00000288. The molecule has 1 aromatic carbocycles. The van der Waals surface area contributed by atoms with Crippen molar-refractivity contribution in [1.29, 1.82) is 0 Å². The Morgan fingerprint density at radius 2 is 2.00 bits per heavy atom. The van der Waals surface area contributed by atoms with Gasteiger partial charge in [-0.2, -0.15) is 0 Å². The van der Waals surface area contributed by atoms with E-state index in [0.29, 0.717) is 30.1 Å². The second kappa shape index (κ2) is 10.9. The van der Waals surface area contributed by atoms with Crippen LogP contribution in [0.2, 0.25) is 0 Å². The predicted molar refractivity (Wildman–Crippen MR) is 108 cm³/mol. The molecule has 1 fully saturated rings. The number of amides is 1. The minimum Gasteiger partial charge on any atom is -0.357 e. The van der Waals surface area contributed by atoms with E-state index in [9.17, 15) is 9.18 Å². The summed E-state index contributed by atoms with van der Waals surface area (Å²) in [7, 11) is 0. The van der Waals surface area contributed by atoms with Crippen molar-refractivity contribution < 1.29 is 9.18 Å². The van der Waals surface area contributed by atoms with E-state index in [-0.39, 0.29) is 41.6 Å². The van der Waals surface area contributed by atoms with Crippen LogP contribution < -0.4 is 16.0 Å². The Hall–Kier alpha value is -0.900. The minimum atomic E-state index is -0.293. The van der Waals surface area contributed by atoms with Crippen molar-refractivity contribution in [2.75, 3.05) is 19.6 Å². The average molecular weight is 513 g/mol. The normalized spacial score (nSPS) is 13.9. The molecular formula is C16H23BrFIN4O. The highest BCUT2D eigenvalue weighted by molar-refractivity contribution is 14.0. The van der Waals surface area contributed by atoms with E-state index in [4.69, 9.17) is 0 Å². The topological polar surface area (TPSA) is 65.5 Å². The maximum absolute atomic E-state index is 13.5. The molecule has 0 bridgehead atoms. The fourth-order valence-electron chi connectivity index (χ4n) is 2.01. The van der Waals surface area contributed by atoms with Gasteiger partial charge in [-0.3, -0.25) is 4.79 Å². The third-order valence-corrected chi connectivity index (χ3v) is 4.06. The summed E-state index contributed by atoms with van der Waals surface area (Å²) < 4.78 is 13.9. The molecule has 0 atom stereocenters. The van der Waals surface area contributed by atoms with Gasteiger partial charge in [0.2, 0.25) is 5.91 Å². The van der Waals surface area contributed by atoms with Crippen LogP contribution >= 0.6 is 39.9 Å². The summed E-state index contributed by atoms with van der Waals surface area (Å²) in [6.07, 6.45) is 2.01. The third kappa shape index (κ3) is 7.33. The Kier molecular flexibility index (Phi) is 9.57. The van der Waals surface area contributed by atoms with Crippen LogP contribution in [-0.2, 0) is 11.3 Å². The molecule has 0 aromatic heterocycles. The summed E-state index contributed by atoms with van der Waals surface area (Å²) in [4.78, 5) is 15.9. The number of nitrogens with one attached hydrogen (secondary N) is 3. The molecule has 8 heteroatoms. The van der Waals surface area contributed by atoms with E-state index in [0.717, 1.165) is 24.9 Å². The molecule has 3 N–H and O–H groups in total. The maximum atomic E-state index is 13.5. The number of carbonyl (C=O) groups excluding carboxylic acids is 1. The number of hydrogen-bond acceptors (Lipinski definition) is 2. The van der Waals surface area contributed by atoms with Gasteiger partial charge in [0.15, 0.2) is 5.96 Å². The minimum absolute atomic E-state index is 0. The summed E-state index contributed by atoms with van der Waals surface area (Å²) in [5, 5.41) is 9.17. The number of hydrogen-bond donors (Lipinski definition) is 3. The van der Waals surface area contributed by atoms with Gasteiger partial charge in [0, 0.05) is 25.6 Å². The van der Waals surface area contributed by atoms with Crippen LogP contribution in [0.15, 0.2) is 27.7 Å². The van der Waals surface area contributed by atoms with Gasteiger partial charge in [-0.1, -0.05) is 6.07 Å². The Labute approximate surface area is 167 Å². The van der Waals surface area contributed by atoms with Crippen molar-refractivity contribution in [3.05, 3.63) is 34.1 Å². The van der Waals surface area contributed by atoms with Gasteiger partial charge >= 0.3 is 0 Å². The first-order chi connectivity index (χ1) is 11.1. The molecule has 1 saturated carbocycles. The number of guanidine groups is 1. The smallest absolute Gasteiger partial charge is 0.223 e. The summed E-state index contributed by atoms with van der Waals surface area (Å²) in [5.74, 6) is 0.721. The van der Waals surface area contributed by atoms with E-state index in [1.165, 1.54) is 6.07 Å². The molecule has 2 rings (SSSR count). The van der Waals surface area contributed by atoms with E-state index in [1.54, 1.807) is 6.07 Å². The molecule has 0 radical (unpaired) electrons. The highest BCUT2D eigenvalue weighted by atomic mass is 127. The van der Waals surface area contributed by atoms with Crippen molar-refractivity contribution in [3.63, 3.8) is 0 Å². The van der Waals surface area contributed by atoms with Crippen LogP contribution in [0.3, 0.4) is 0 Å². The van der Waals surface area contributed by atoms with E-state index >= 15 is 0 Å². The zero-order chi connectivity index (χ0) is 16.7. The van der Waals surface area contributed by atoms with Crippen molar-refractivity contribution in [2.24, 2.45) is 10.9 Å². The van der Waals surface area contributed by atoms with Gasteiger partial charge in [0.25, 0.3) is 0 Å². The summed E-state index contributed by atoms with van der Waals surface area (Å²) in [6, 6.07) is 4.97. The van der Waals surface area contributed by atoms with Crippen LogP contribution in [-0.4, -0.2) is 31.5 Å². The molecule has 1 amide bonds. The first-order valence-electron chi connectivity index (χ1n) is 7.84. The summed E-state index contributed by atoms with van der Waals surface area (Å²) in [5.41, 5.74) is 0.796. The number of benzene rings is 1. The number of halogens is 3. The van der Waals surface area contributed by atoms with Gasteiger partial charge in [0.1, 0.15) is 5.82 Å². The second-order valence-electron chi connectivity index (χ2n) is 5.44. The molecule has 0 heterocycles. The van der Waals surface area contributed by atoms with Crippen molar-refractivity contribution in [2.45, 2.75) is 26.3 Å². The number of nitrogens with zero attached hydrogens (tertiary/aromatic N) is 1. The first kappa shape index (κ1) is 21.1. The molecule has 0 unspecified atom stereocenters. The number of carbonyl (C=O) groups is 1. The Bertz CT molecular complexity index is 581. The standard InChI is InChI=1S/C16H22BrFN4O.HI/c1-2-19-16(21-8-7-20-15(23)12-4-5-12)22-10-11-3-6-13(17)14(18)9-11;/h3,6,9,12H,2,4-5,7-8,10H2,1H3,(H,20,23)(H2,19,21,22);1H. The molecule has 24 heavy (non-hydrogen) atoms. The summed E-state index contributed by atoms with van der Waals surface area (Å²) >= 11 is 3.13. The van der Waals surface area contributed by atoms with E-state index < -0.39 is 0 Å². The molecule has 1 aliphatic rings. The van der Waals surface area contributed by atoms with Crippen LogP contribution in [0.5, 0.6) is 0 Å². The van der Waals surface area contributed by atoms with Gasteiger partial charge in [-0.25, -0.2) is 9.38 Å². The largest absolute Gasteiger partial charge is 0.357 e. The van der Waals surface area contributed by atoms with Gasteiger partial charge in [-0.15, -0.1) is 24.0 Å². The molecule has 0 saturated heterocycles. The summed E-state index contributed by atoms with van der Waals surface area (Å²) in [6.45, 7) is 4.25. The van der Waals surface area contributed by atoms with Crippen molar-refractivity contribution in [1.82, 2.24) is 16.0 Å². The van der Waals surface area contributed by atoms with Crippen molar-refractivity contribution in [3.8, 4) is 0 Å². The lowest BCUT2D eigenvalue weighted by Crippen LogP contribution is -2.41. The highest BCUT2D eigenvalue weighted by Gasteiger charge is 2.28. The zero-order valence-corrected chi connectivity index (χ0v) is 17.5. The molecule has 134 valence electrons. The van der Waals surface area contributed by atoms with Crippen LogP contribution in [0.25, 0.3) is 0 Å². The van der Waals surface area contributed by atoms with Gasteiger partial charge < -0.3 is 16.0 Å². The average Bonchev–Trinajstić information content (AvgIpc) is 3.37. The fourth-order valence-corrected chi connectivity index (χ4v) is 2.25. The molecule has 0 aliphatic heterocycles. The van der Waals surface area contributed by atoms with E-state index in [2.05, 4.69) is 36.9 Å². The molecule has 1 aromatic rings. The number of aliphatic imine (C=N–C) groups is 1. The lowest BCUT2D eigenvalue weighted by atomic mass is 10.2. The third-order valence-electron chi connectivity index (χ3n) is 3.41. The van der Waals surface area contributed by atoms with Gasteiger partial charge in [0.05, 0.1) is 11.0 Å². The molecule has 5 nitrogen and oxygen atoms in total. The quantitative estimate of drug-likeness (QED) is 0.228. The van der Waals surface area contributed by atoms with Crippen LogP contribution in [0.1, 0.15) is 25.3 Å². The number of rotatable bonds is 7. The Morgan fingerprint density at radius 3 is 2.62 bits per heavy atom. The zero-order valence-electron chi connectivity index (χ0n) is 13.6. The monoisotopic (exact) mass is 512 g/mol. The highest BCUT2D eigenvalue weighted by Crippen LogP contribution is 2.28. The molecule has 0 spiro atoms. The first-order valence-corrected chi connectivity index (χ1v) is 8.63. The molecule has 1 aliphatic carbocycles. The van der Waals surface area contributed by atoms with Crippen molar-refractivity contribution >= 4 is 51.8 Å². The fraction of sp³-hybridized carbons (Fsp3) is 0.500. The SMILES string of the molecule is CCNC(=NCc1ccc(Br)c(F)c1)NCCNC(=O)C1CC1.I.